The number of carbonyl (C=O) groups is 1. The lowest BCUT2D eigenvalue weighted by Crippen LogP contribution is -2.33. The van der Waals surface area contributed by atoms with E-state index in [0.29, 0.717) is 36.2 Å². The van der Waals surface area contributed by atoms with E-state index in [1.165, 1.54) is 11.8 Å². The zero-order valence-corrected chi connectivity index (χ0v) is 19.3. The lowest BCUT2D eigenvalue weighted by molar-refractivity contribution is -0.132. The van der Waals surface area contributed by atoms with Gasteiger partial charge >= 0.3 is 0 Å². The molecule has 1 aliphatic carbocycles. The first kappa shape index (κ1) is 21.8. The third-order valence-electron chi connectivity index (χ3n) is 5.34. The van der Waals surface area contributed by atoms with E-state index >= 15 is 0 Å². The molecule has 1 aliphatic rings. The normalized spacial score (nSPS) is 13.4. The minimum absolute atomic E-state index is 0.0847. The highest BCUT2D eigenvalue weighted by Gasteiger charge is 2.33. The zero-order chi connectivity index (χ0) is 22.0. The van der Waals surface area contributed by atoms with Crippen molar-refractivity contribution >= 4 is 29.3 Å². The number of hydrogen-bond donors (Lipinski definition) is 0. The summed E-state index contributed by atoms with van der Waals surface area (Å²) in [5.41, 5.74) is 3.72. The lowest BCUT2D eigenvalue weighted by atomic mass is 10.1. The molecule has 2 aromatic heterocycles. The summed E-state index contributed by atoms with van der Waals surface area (Å²) in [5.74, 6) is 0.943. The van der Waals surface area contributed by atoms with Crippen molar-refractivity contribution in [1.29, 1.82) is 0 Å². The van der Waals surface area contributed by atoms with Crippen LogP contribution in [0.2, 0.25) is 5.02 Å². The molecular formula is C22H24ClN5O2S. The van der Waals surface area contributed by atoms with Gasteiger partial charge < -0.3 is 9.32 Å². The molecule has 31 heavy (non-hydrogen) atoms. The van der Waals surface area contributed by atoms with Gasteiger partial charge in [-0.15, -0.1) is 10.2 Å². The average Bonchev–Trinajstić information content (AvgIpc) is 3.49. The maximum atomic E-state index is 13.0. The van der Waals surface area contributed by atoms with E-state index < -0.39 is 0 Å². The summed E-state index contributed by atoms with van der Waals surface area (Å²) in [5, 5.41) is 9.68. The second-order valence-corrected chi connectivity index (χ2v) is 8.83. The minimum atomic E-state index is 0.0847. The summed E-state index contributed by atoms with van der Waals surface area (Å²) in [6, 6.07) is 7.47. The third-order valence-corrected chi connectivity index (χ3v) is 6.14. The fourth-order valence-electron chi connectivity index (χ4n) is 3.52. The van der Waals surface area contributed by atoms with Crippen molar-refractivity contribution in [1.82, 2.24) is 25.1 Å². The van der Waals surface area contributed by atoms with Gasteiger partial charge in [0.25, 0.3) is 0 Å². The molecule has 0 spiro atoms. The molecule has 7 nitrogen and oxygen atoms in total. The van der Waals surface area contributed by atoms with Crippen LogP contribution in [-0.2, 0) is 17.8 Å². The molecule has 0 saturated heterocycles. The van der Waals surface area contributed by atoms with Gasteiger partial charge in [0.15, 0.2) is 5.16 Å². The Hall–Kier alpha value is -2.45. The van der Waals surface area contributed by atoms with Gasteiger partial charge in [-0.25, -0.2) is 9.97 Å². The maximum Gasteiger partial charge on any atom is 0.247 e. The van der Waals surface area contributed by atoms with Crippen LogP contribution in [0.5, 0.6) is 0 Å². The topological polar surface area (TPSA) is 85.0 Å². The third kappa shape index (κ3) is 5.25. The van der Waals surface area contributed by atoms with Crippen molar-refractivity contribution in [3.05, 3.63) is 52.1 Å². The van der Waals surface area contributed by atoms with E-state index in [4.69, 9.17) is 16.0 Å². The first-order chi connectivity index (χ1) is 14.9. The molecule has 0 unspecified atom stereocenters. The van der Waals surface area contributed by atoms with E-state index in [0.717, 1.165) is 40.5 Å². The highest BCUT2D eigenvalue weighted by molar-refractivity contribution is 7.98. The van der Waals surface area contributed by atoms with Crippen molar-refractivity contribution in [3.63, 3.8) is 0 Å². The Bertz CT molecular complexity index is 1060. The van der Waals surface area contributed by atoms with Crippen molar-refractivity contribution in [2.24, 2.45) is 0 Å². The highest BCUT2D eigenvalue weighted by Crippen LogP contribution is 2.30. The van der Waals surface area contributed by atoms with Gasteiger partial charge in [-0.3, -0.25) is 4.79 Å². The molecule has 9 heteroatoms. The second kappa shape index (κ2) is 9.36. The second-order valence-electron chi connectivity index (χ2n) is 7.62. The molecule has 1 fully saturated rings. The lowest BCUT2D eigenvalue weighted by Gasteiger charge is -2.21. The van der Waals surface area contributed by atoms with Crippen molar-refractivity contribution in [2.75, 3.05) is 6.26 Å². The quantitative estimate of drug-likeness (QED) is 0.359. The molecule has 1 amide bonds. The molecule has 0 atom stereocenters. The number of benzene rings is 1. The van der Waals surface area contributed by atoms with Crippen LogP contribution in [-0.4, -0.2) is 43.3 Å². The van der Waals surface area contributed by atoms with Crippen LogP contribution in [0.25, 0.3) is 11.5 Å². The molecule has 0 bridgehead atoms. The smallest absolute Gasteiger partial charge is 0.247 e. The zero-order valence-electron chi connectivity index (χ0n) is 17.8. The molecule has 0 N–H and O–H groups in total. The minimum Gasteiger partial charge on any atom is -0.419 e. The molecular weight excluding hydrogens is 434 g/mol. The Balaban J connectivity index is 1.43. The largest absolute Gasteiger partial charge is 0.419 e. The summed E-state index contributed by atoms with van der Waals surface area (Å²) in [6.07, 6.45) is 4.99. The maximum absolute atomic E-state index is 13.0. The average molecular weight is 458 g/mol. The summed E-state index contributed by atoms with van der Waals surface area (Å²) < 4.78 is 5.81. The van der Waals surface area contributed by atoms with E-state index in [9.17, 15) is 4.79 Å². The van der Waals surface area contributed by atoms with Crippen LogP contribution in [0.15, 0.2) is 33.8 Å². The standard InChI is InChI=1S/C22H24ClN5O2S/c1-13-18(14(2)25-22(24-13)31-3)10-11-20(29)28(17-8-9-17)12-19-26-27-21(30-19)15-4-6-16(23)7-5-15/h4-7,17H,8-12H2,1-3H3. The molecule has 0 radical (unpaired) electrons. The van der Waals surface area contributed by atoms with Crippen molar-refractivity contribution < 1.29 is 9.21 Å². The van der Waals surface area contributed by atoms with Crippen LogP contribution in [0.3, 0.4) is 0 Å². The van der Waals surface area contributed by atoms with Gasteiger partial charge in [0.2, 0.25) is 17.7 Å². The number of carbonyl (C=O) groups excluding carboxylic acids is 1. The predicted octanol–water partition coefficient (Wildman–Crippen LogP) is 4.64. The number of hydrogen-bond acceptors (Lipinski definition) is 7. The molecule has 1 aromatic carbocycles. The summed E-state index contributed by atoms with van der Waals surface area (Å²) >= 11 is 7.46. The van der Waals surface area contributed by atoms with Crippen LogP contribution >= 0.6 is 23.4 Å². The van der Waals surface area contributed by atoms with Gasteiger partial charge in [0, 0.05) is 34.4 Å². The summed E-state index contributed by atoms with van der Waals surface area (Å²) in [4.78, 5) is 23.9. The fraction of sp³-hybridized carbons (Fsp3) is 0.409. The van der Waals surface area contributed by atoms with Crippen molar-refractivity contribution in [3.8, 4) is 11.5 Å². The van der Waals surface area contributed by atoms with E-state index in [1.54, 1.807) is 12.1 Å². The summed E-state index contributed by atoms with van der Waals surface area (Å²) in [6.45, 7) is 4.27. The van der Waals surface area contributed by atoms with Crippen molar-refractivity contribution in [2.45, 2.75) is 57.3 Å². The number of nitrogens with zero attached hydrogens (tertiary/aromatic N) is 5. The molecule has 2 heterocycles. The van der Waals surface area contributed by atoms with E-state index in [2.05, 4.69) is 20.2 Å². The van der Waals surface area contributed by atoms with Crippen LogP contribution in [0, 0.1) is 13.8 Å². The molecule has 1 saturated carbocycles. The molecule has 162 valence electrons. The Kier molecular flexibility index (Phi) is 6.57. The van der Waals surface area contributed by atoms with E-state index in [1.807, 2.05) is 37.1 Å². The first-order valence-electron chi connectivity index (χ1n) is 10.2. The van der Waals surface area contributed by atoms with Gasteiger partial charge in [0.1, 0.15) is 0 Å². The van der Waals surface area contributed by atoms with Crippen LogP contribution < -0.4 is 0 Å². The molecule has 0 aliphatic heterocycles. The number of aryl methyl sites for hydroxylation is 2. The Morgan fingerprint density at radius 1 is 1.16 bits per heavy atom. The molecule has 4 rings (SSSR count). The number of halogens is 1. The highest BCUT2D eigenvalue weighted by atomic mass is 35.5. The first-order valence-corrected chi connectivity index (χ1v) is 11.8. The Morgan fingerprint density at radius 3 is 2.45 bits per heavy atom. The number of rotatable bonds is 8. The van der Waals surface area contributed by atoms with Crippen LogP contribution in [0.1, 0.15) is 42.1 Å². The number of aromatic nitrogens is 4. The fourth-order valence-corrected chi connectivity index (χ4v) is 4.10. The van der Waals surface area contributed by atoms with Gasteiger partial charge in [-0.1, -0.05) is 23.4 Å². The van der Waals surface area contributed by atoms with Gasteiger partial charge in [0.05, 0.1) is 6.54 Å². The summed E-state index contributed by atoms with van der Waals surface area (Å²) in [7, 11) is 0. The van der Waals surface area contributed by atoms with Gasteiger partial charge in [-0.05, 0) is 69.2 Å². The van der Waals surface area contributed by atoms with E-state index in [-0.39, 0.29) is 11.9 Å². The SMILES string of the molecule is CSc1nc(C)c(CCC(=O)N(Cc2nnc(-c3ccc(Cl)cc3)o2)C2CC2)c(C)n1. The van der Waals surface area contributed by atoms with Gasteiger partial charge in [-0.2, -0.15) is 0 Å². The van der Waals surface area contributed by atoms with Crippen LogP contribution in [0.4, 0.5) is 0 Å². The Morgan fingerprint density at radius 2 is 1.84 bits per heavy atom. The Labute approximate surface area is 190 Å². The monoisotopic (exact) mass is 457 g/mol. The predicted molar refractivity (Wildman–Crippen MR) is 120 cm³/mol. The number of thioether (sulfide) groups is 1. The molecule has 3 aromatic rings. The number of amides is 1.